The Morgan fingerprint density at radius 3 is 2.53 bits per heavy atom. The molecular weight excluding hydrogens is 238 g/mol. The van der Waals surface area contributed by atoms with Gasteiger partial charge in [0, 0.05) is 12.6 Å². The van der Waals surface area contributed by atoms with Crippen molar-refractivity contribution in [1.29, 1.82) is 0 Å². The van der Waals surface area contributed by atoms with Crippen LogP contribution >= 0.6 is 11.6 Å². The number of hydrogen-bond acceptors (Lipinski definition) is 3. The van der Waals surface area contributed by atoms with Crippen LogP contribution in [0.4, 0.5) is 0 Å². The van der Waals surface area contributed by atoms with E-state index < -0.39 is 6.10 Å². The topological polar surface area (TPSA) is 50.1 Å². The van der Waals surface area contributed by atoms with Crippen LogP contribution in [0.1, 0.15) is 45.5 Å². The molecule has 0 aliphatic carbocycles. The van der Waals surface area contributed by atoms with Gasteiger partial charge in [-0.3, -0.25) is 4.68 Å². The molecule has 0 bridgehead atoms. The lowest BCUT2D eigenvalue weighted by Gasteiger charge is -2.17. The third-order valence-electron chi connectivity index (χ3n) is 2.48. The average Bonchev–Trinajstić information content (AvgIpc) is 2.59. The molecule has 0 spiro atoms. The predicted molar refractivity (Wildman–Crippen MR) is 70.3 cm³/mol. The largest absolute Gasteiger partial charge is 0.385 e. The number of aliphatic hydroxyl groups excluding tert-OH is 1. The summed E-state index contributed by atoms with van der Waals surface area (Å²) in [6.45, 7) is 9.67. The predicted octanol–water partition coefficient (Wildman–Crippen LogP) is 2.40. The van der Waals surface area contributed by atoms with E-state index in [1.54, 1.807) is 10.9 Å². The molecule has 0 aliphatic heterocycles. The van der Waals surface area contributed by atoms with E-state index in [2.05, 4.69) is 24.3 Å². The van der Waals surface area contributed by atoms with Gasteiger partial charge >= 0.3 is 0 Å². The number of hydrogen-bond donors (Lipinski definition) is 2. The summed E-state index contributed by atoms with van der Waals surface area (Å²) < 4.78 is 1.77. The normalized spacial score (nSPS) is 13.6. The Kier molecular flexibility index (Phi) is 5.43. The third kappa shape index (κ3) is 3.98. The quantitative estimate of drug-likeness (QED) is 0.825. The molecule has 0 aliphatic rings. The van der Waals surface area contributed by atoms with E-state index in [0.29, 0.717) is 23.2 Å². The standard InChI is InChI=1S/C12H22ClN3O/c1-8(2)5-14-7-11(17)12-10(13)6-15-16(12)9(3)4/h6,8-9,11,14,17H,5,7H2,1-4H3. The van der Waals surface area contributed by atoms with Crippen molar-refractivity contribution in [1.82, 2.24) is 15.1 Å². The van der Waals surface area contributed by atoms with Gasteiger partial charge in [-0.15, -0.1) is 0 Å². The van der Waals surface area contributed by atoms with Gasteiger partial charge in [-0.2, -0.15) is 5.10 Å². The Morgan fingerprint density at radius 1 is 1.35 bits per heavy atom. The highest BCUT2D eigenvalue weighted by Crippen LogP contribution is 2.24. The molecule has 1 heterocycles. The van der Waals surface area contributed by atoms with Crippen molar-refractivity contribution < 1.29 is 5.11 Å². The number of nitrogens with one attached hydrogen (secondary N) is 1. The maximum absolute atomic E-state index is 10.1. The smallest absolute Gasteiger partial charge is 0.110 e. The molecule has 98 valence electrons. The van der Waals surface area contributed by atoms with E-state index in [0.717, 1.165) is 6.54 Å². The van der Waals surface area contributed by atoms with Crippen molar-refractivity contribution in [2.75, 3.05) is 13.1 Å². The highest BCUT2D eigenvalue weighted by Gasteiger charge is 2.19. The summed E-state index contributed by atoms with van der Waals surface area (Å²) in [4.78, 5) is 0. The van der Waals surface area contributed by atoms with Crippen molar-refractivity contribution in [2.45, 2.75) is 39.8 Å². The van der Waals surface area contributed by atoms with Crippen LogP contribution in [0.25, 0.3) is 0 Å². The van der Waals surface area contributed by atoms with Gasteiger partial charge in [0.1, 0.15) is 6.10 Å². The Bertz CT molecular complexity index is 350. The Labute approximate surface area is 108 Å². The molecule has 4 nitrogen and oxygen atoms in total. The summed E-state index contributed by atoms with van der Waals surface area (Å²) in [6.07, 6.45) is 0.967. The molecule has 0 aromatic carbocycles. The van der Waals surface area contributed by atoms with E-state index in [4.69, 9.17) is 11.6 Å². The molecule has 2 N–H and O–H groups in total. The fourth-order valence-corrected chi connectivity index (χ4v) is 1.94. The fraction of sp³-hybridized carbons (Fsp3) is 0.750. The van der Waals surface area contributed by atoms with E-state index in [-0.39, 0.29) is 6.04 Å². The molecule has 17 heavy (non-hydrogen) atoms. The van der Waals surface area contributed by atoms with Crippen LogP contribution in [0.15, 0.2) is 6.20 Å². The van der Waals surface area contributed by atoms with E-state index in [9.17, 15) is 5.11 Å². The van der Waals surface area contributed by atoms with Gasteiger partial charge in [0.05, 0.1) is 16.9 Å². The minimum Gasteiger partial charge on any atom is -0.385 e. The Hall–Kier alpha value is -0.580. The van der Waals surface area contributed by atoms with Gasteiger partial charge in [0.15, 0.2) is 0 Å². The first kappa shape index (κ1) is 14.5. The minimum atomic E-state index is -0.619. The first-order valence-corrected chi connectivity index (χ1v) is 6.43. The van der Waals surface area contributed by atoms with Gasteiger partial charge in [-0.05, 0) is 26.3 Å². The van der Waals surface area contributed by atoms with Crippen LogP contribution in [0, 0.1) is 5.92 Å². The van der Waals surface area contributed by atoms with Gasteiger partial charge < -0.3 is 10.4 Å². The van der Waals surface area contributed by atoms with E-state index >= 15 is 0 Å². The van der Waals surface area contributed by atoms with Gasteiger partial charge in [-0.1, -0.05) is 25.4 Å². The minimum absolute atomic E-state index is 0.192. The maximum atomic E-state index is 10.1. The molecule has 1 aromatic heterocycles. The van der Waals surface area contributed by atoms with Crippen LogP contribution in [0.3, 0.4) is 0 Å². The number of nitrogens with zero attached hydrogens (tertiary/aromatic N) is 2. The summed E-state index contributed by atoms with van der Waals surface area (Å²) in [5.41, 5.74) is 0.693. The molecule has 0 fully saturated rings. The fourth-order valence-electron chi connectivity index (χ4n) is 1.68. The zero-order valence-corrected chi connectivity index (χ0v) is 11.7. The summed E-state index contributed by atoms with van der Waals surface area (Å²) in [7, 11) is 0. The molecular formula is C12H22ClN3O. The lowest BCUT2D eigenvalue weighted by molar-refractivity contribution is 0.160. The molecule has 0 saturated heterocycles. The molecule has 5 heteroatoms. The molecule has 0 radical (unpaired) electrons. The highest BCUT2D eigenvalue weighted by atomic mass is 35.5. The van der Waals surface area contributed by atoms with E-state index in [1.807, 2.05) is 13.8 Å². The van der Waals surface area contributed by atoms with Crippen molar-refractivity contribution in [3.63, 3.8) is 0 Å². The van der Waals surface area contributed by atoms with Crippen LogP contribution in [-0.4, -0.2) is 28.0 Å². The molecule has 1 unspecified atom stereocenters. The van der Waals surface area contributed by atoms with Crippen LogP contribution in [-0.2, 0) is 0 Å². The molecule has 0 amide bonds. The lowest BCUT2D eigenvalue weighted by atomic mass is 10.2. The maximum Gasteiger partial charge on any atom is 0.110 e. The second-order valence-electron chi connectivity index (χ2n) is 4.98. The zero-order valence-electron chi connectivity index (χ0n) is 10.9. The molecule has 1 rings (SSSR count). The summed E-state index contributed by atoms with van der Waals surface area (Å²) in [5, 5.41) is 18.0. The first-order valence-electron chi connectivity index (χ1n) is 6.05. The summed E-state index contributed by atoms with van der Waals surface area (Å²) in [5.74, 6) is 0.563. The van der Waals surface area contributed by atoms with Crippen molar-refractivity contribution in [3.8, 4) is 0 Å². The zero-order chi connectivity index (χ0) is 13.0. The lowest BCUT2D eigenvalue weighted by Crippen LogP contribution is -2.27. The summed E-state index contributed by atoms with van der Waals surface area (Å²) in [6, 6.07) is 0.192. The average molecular weight is 260 g/mol. The number of aliphatic hydroxyl groups is 1. The van der Waals surface area contributed by atoms with Gasteiger partial charge in [0.25, 0.3) is 0 Å². The first-order chi connectivity index (χ1) is 7.93. The number of halogens is 1. The van der Waals surface area contributed by atoms with Gasteiger partial charge in [-0.25, -0.2) is 0 Å². The van der Waals surface area contributed by atoms with Crippen molar-refractivity contribution in [2.24, 2.45) is 5.92 Å². The van der Waals surface area contributed by atoms with Crippen LogP contribution in [0.5, 0.6) is 0 Å². The third-order valence-corrected chi connectivity index (χ3v) is 2.77. The Morgan fingerprint density at radius 2 is 2.00 bits per heavy atom. The number of rotatable bonds is 6. The van der Waals surface area contributed by atoms with Crippen molar-refractivity contribution in [3.05, 3.63) is 16.9 Å². The SMILES string of the molecule is CC(C)CNCC(O)c1c(Cl)cnn1C(C)C. The molecule has 0 saturated carbocycles. The van der Waals surface area contributed by atoms with Crippen LogP contribution in [0.2, 0.25) is 5.02 Å². The van der Waals surface area contributed by atoms with E-state index in [1.165, 1.54) is 0 Å². The molecule has 1 aromatic rings. The summed E-state index contributed by atoms with van der Waals surface area (Å²) >= 11 is 6.05. The number of aromatic nitrogens is 2. The second kappa shape index (κ2) is 6.38. The monoisotopic (exact) mass is 259 g/mol. The van der Waals surface area contributed by atoms with Gasteiger partial charge in [0.2, 0.25) is 0 Å². The Balaban J connectivity index is 2.67. The molecule has 1 atom stereocenters. The second-order valence-corrected chi connectivity index (χ2v) is 5.39. The van der Waals surface area contributed by atoms with Crippen molar-refractivity contribution >= 4 is 11.6 Å². The highest BCUT2D eigenvalue weighted by molar-refractivity contribution is 6.31. The van der Waals surface area contributed by atoms with Crippen LogP contribution < -0.4 is 5.32 Å².